The maximum absolute atomic E-state index is 2.66. The Morgan fingerprint density at radius 3 is 2.42 bits per heavy atom. The van der Waals surface area contributed by atoms with E-state index in [0.29, 0.717) is 5.41 Å². The standard InChI is InChI=1S/C18H25N/c1-4-11-19(12-5-1)17-8-6-7-15-13-18(14-16(15)17)9-2-3-10-18/h6-8H,1-5,9-14H2. The molecule has 19 heavy (non-hydrogen) atoms. The summed E-state index contributed by atoms with van der Waals surface area (Å²) in [5, 5.41) is 0. The minimum absolute atomic E-state index is 0.661. The quantitative estimate of drug-likeness (QED) is 0.721. The van der Waals surface area contributed by atoms with Gasteiger partial charge in [0.2, 0.25) is 0 Å². The van der Waals surface area contributed by atoms with Gasteiger partial charge in [-0.15, -0.1) is 0 Å². The second-order valence-corrected chi connectivity index (χ2v) is 7.02. The van der Waals surface area contributed by atoms with Crippen molar-refractivity contribution in [1.82, 2.24) is 0 Å². The van der Waals surface area contributed by atoms with Crippen LogP contribution in [0.3, 0.4) is 0 Å². The summed E-state index contributed by atoms with van der Waals surface area (Å²) in [6, 6.07) is 7.09. The maximum atomic E-state index is 2.66. The van der Waals surface area contributed by atoms with E-state index in [1.54, 1.807) is 16.8 Å². The van der Waals surface area contributed by atoms with E-state index >= 15 is 0 Å². The minimum atomic E-state index is 0.661. The van der Waals surface area contributed by atoms with E-state index in [0.717, 1.165) is 0 Å². The zero-order valence-electron chi connectivity index (χ0n) is 12.0. The first kappa shape index (κ1) is 11.8. The van der Waals surface area contributed by atoms with Crippen LogP contribution in [0.1, 0.15) is 56.1 Å². The van der Waals surface area contributed by atoms with Gasteiger partial charge < -0.3 is 4.90 Å². The van der Waals surface area contributed by atoms with E-state index in [1.165, 1.54) is 70.9 Å². The van der Waals surface area contributed by atoms with Gasteiger partial charge in [-0.2, -0.15) is 0 Å². The normalized spacial score (nSPS) is 24.9. The monoisotopic (exact) mass is 255 g/mol. The van der Waals surface area contributed by atoms with Crippen LogP contribution in [0.15, 0.2) is 18.2 Å². The van der Waals surface area contributed by atoms with Gasteiger partial charge in [-0.3, -0.25) is 0 Å². The van der Waals surface area contributed by atoms with Crippen LogP contribution in [-0.4, -0.2) is 13.1 Å². The predicted molar refractivity (Wildman–Crippen MR) is 80.8 cm³/mol. The first-order valence-corrected chi connectivity index (χ1v) is 8.22. The molecule has 3 aliphatic rings. The van der Waals surface area contributed by atoms with E-state index in [9.17, 15) is 0 Å². The molecule has 1 heterocycles. The fourth-order valence-electron chi connectivity index (χ4n) is 4.74. The molecule has 1 aromatic rings. The van der Waals surface area contributed by atoms with E-state index < -0.39 is 0 Å². The number of benzene rings is 1. The number of rotatable bonds is 1. The summed E-state index contributed by atoms with van der Waals surface area (Å²) in [5.74, 6) is 0. The highest BCUT2D eigenvalue weighted by atomic mass is 15.1. The summed E-state index contributed by atoms with van der Waals surface area (Å²) in [6.45, 7) is 2.56. The molecule has 0 atom stereocenters. The number of anilines is 1. The molecule has 0 amide bonds. The first-order valence-electron chi connectivity index (χ1n) is 8.22. The lowest BCUT2D eigenvalue weighted by Crippen LogP contribution is -2.30. The molecule has 1 heteroatoms. The molecule has 1 aliphatic heterocycles. The molecule has 1 saturated heterocycles. The molecule has 0 bridgehead atoms. The van der Waals surface area contributed by atoms with Crippen molar-refractivity contribution >= 4 is 5.69 Å². The molecular formula is C18H25N. The average molecular weight is 255 g/mol. The molecule has 0 aromatic heterocycles. The van der Waals surface area contributed by atoms with Crippen LogP contribution in [0.2, 0.25) is 0 Å². The Balaban J connectivity index is 1.66. The molecule has 1 spiro atoms. The Kier molecular flexibility index (Phi) is 2.82. The van der Waals surface area contributed by atoms with E-state index in [-0.39, 0.29) is 0 Å². The van der Waals surface area contributed by atoms with Crippen LogP contribution in [0.5, 0.6) is 0 Å². The lowest BCUT2D eigenvalue weighted by atomic mass is 9.83. The minimum Gasteiger partial charge on any atom is -0.371 e. The fourth-order valence-corrected chi connectivity index (χ4v) is 4.74. The topological polar surface area (TPSA) is 3.24 Å². The third-order valence-corrected chi connectivity index (χ3v) is 5.73. The van der Waals surface area contributed by atoms with Crippen LogP contribution < -0.4 is 4.90 Å². The number of hydrogen-bond acceptors (Lipinski definition) is 1. The smallest absolute Gasteiger partial charge is 0.0401 e. The van der Waals surface area contributed by atoms with Gasteiger partial charge in [-0.1, -0.05) is 25.0 Å². The second kappa shape index (κ2) is 4.54. The first-order chi connectivity index (χ1) is 9.36. The zero-order valence-corrected chi connectivity index (χ0v) is 12.0. The molecule has 0 unspecified atom stereocenters. The summed E-state index contributed by atoms with van der Waals surface area (Å²) in [5.41, 5.74) is 5.63. The molecule has 0 N–H and O–H groups in total. The molecule has 0 radical (unpaired) electrons. The number of hydrogen-bond donors (Lipinski definition) is 0. The second-order valence-electron chi connectivity index (χ2n) is 7.02. The maximum Gasteiger partial charge on any atom is 0.0401 e. The molecule has 1 aromatic carbocycles. The molecule has 2 aliphatic carbocycles. The molecule has 1 saturated carbocycles. The highest BCUT2D eigenvalue weighted by Gasteiger charge is 2.40. The fraction of sp³-hybridized carbons (Fsp3) is 0.667. The Morgan fingerprint density at radius 2 is 1.63 bits per heavy atom. The Morgan fingerprint density at radius 1 is 0.842 bits per heavy atom. The van der Waals surface area contributed by atoms with Gasteiger partial charge in [0, 0.05) is 18.8 Å². The Labute approximate surface area is 117 Å². The summed E-state index contributed by atoms with van der Waals surface area (Å²) in [7, 11) is 0. The number of piperidine rings is 1. The van der Waals surface area contributed by atoms with Gasteiger partial charge in [-0.05, 0) is 67.6 Å². The van der Waals surface area contributed by atoms with Crippen LogP contribution >= 0.6 is 0 Å². The van der Waals surface area contributed by atoms with Gasteiger partial charge in [0.15, 0.2) is 0 Å². The van der Waals surface area contributed by atoms with Crippen molar-refractivity contribution < 1.29 is 0 Å². The average Bonchev–Trinajstić information content (AvgIpc) is 3.06. The Bertz CT molecular complexity index is 465. The van der Waals surface area contributed by atoms with Gasteiger partial charge in [-0.25, -0.2) is 0 Å². The summed E-state index contributed by atoms with van der Waals surface area (Å²) < 4.78 is 0. The van der Waals surface area contributed by atoms with Crippen molar-refractivity contribution in [3.63, 3.8) is 0 Å². The summed E-state index contributed by atoms with van der Waals surface area (Å²) in [6.07, 6.45) is 12.8. The number of nitrogens with zero attached hydrogens (tertiary/aromatic N) is 1. The zero-order chi connectivity index (χ0) is 12.7. The van der Waals surface area contributed by atoms with Crippen molar-refractivity contribution in [3.8, 4) is 0 Å². The van der Waals surface area contributed by atoms with Crippen LogP contribution in [0.25, 0.3) is 0 Å². The largest absolute Gasteiger partial charge is 0.371 e. The molecule has 102 valence electrons. The van der Waals surface area contributed by atoms with Gasteiger partial charge >= 0.3 is 0 Å². The van der Waals surface area contributed by atoms with Gasteiger partial charge in [0.1, 0.15) is 0 Å². The van der Waals surface area contributed by atoms with E-state index in [1.807, 2.05) is 0 Å². The molecule has 2 fully saturated rings. The lowest BCUT2D eigenvalue weighted by molar-refractivity contribution is 0.318. The van der Waals surface area contributed by atoms with Crippen molar-refractivity contribution in [2.24, 2.45) is 5.41 Å². The predicted octanol–water partition coefficient (Wildman–Crippen LogP) is 4.34. The third kappa shape index (κ3) is 1.98. The van der Waals surface area contributed by atoms with Crippen LogP contribution in [0, 0.1) is 5.41 Å². The number of fused-ring (bicyclic) bond motifs is 1. The third-order valence-electron chi connectivity index (χ3n) is 5.73. The van der Waals surface area contributed by atoms with Crippen molar-refractivity contribution in [3.05, 3.63) is 29.3 Å². The molecular weight excluding hydrogens is 230 g/mol. The summed E-state index contributed by atoms with van der Waals surface area (Å²) in [4.78, 5) is 2.66. The van der Waals surface area contributed by atoms with Crippen LogP contribution in [-0.2, 0) is 12.8 Å². The summed E-state index contributed by atoms with van der Waals surface area (Å²) >= 11 is 0. The molecule has 1 nitrogen and oxygen atoms in total. The Hall–Kier alpha value is -0.980. The SMILES string of the molecule is c1cc2c(c(N3CCCCC3)c1)CC1(CCCC1)C2. The highest BCUT2D eigenvalue weighted by Crippen LogP contribution is 2.50. The molecule has 4 rings (SSSR count). The van der Waals surface area contributed by atoms with Crippen molar-refractivity contribution in [2.75, 3.05) is 18.0 Å². The van der Waals surface area contributed by atoms with Crippen LogP contribution in [0.4, 0.5) is 5.69 Å². The van der Waals surface area contributed by atoms with Gasteiger partial charge in [0.05, 0.1) is 0 Å². The van der Waals surface area contributed by atoms with Crippen molar-refractivity contribution in [2.45, 2.75) is 57.8 Å². The lowest BCUT2D eigenvalue weighted by Gasteiger charge is -2.31. The van der Waals surface area contributed by atoms with Gasteiger partial charge in [0.25, 0.3) is 0 Å². The van der Waals surface area contributed by atoms with E-state index in [4.69, 9.17) is 0 Å². The van der Waals surface area contributed by atoms with Crippen molar-refractivity contribution in [1.29, 1.82) is 0 Å². The van der Waals surface area contributed by atoms with E-state index in [2.05, 4.69) is 23.1 Å². The highest BCUT2D eigenvalue weighted by molar-refractivity contribution is 5.59.